The first kappa shape index (κ1) is 21.9. The molecule has 29 heavy (non-hydrogen) atoms. The fourth-order valence-electron chi connectivity index (χ4n) is 3.51. The minimum absolute atomic E-state index is 0.222. The molecule has 1 aliphatic heterocycles. The maximum Gasteiger partial charge on any atom is 0.324 e. The Morgan fingerprint density at radius 2 is 2.10 bits per heavy atom. The number of nitrogens with zero attached hydrogens (tertiary/aromatic N) is 4. The lowest BCUT2D eigenvalue weighted by Gasteiger charge is -2.35. The van der Waals surface area contributed by atoms with Gasteiger partial charge in [0, 0.05) is 42.6 Å². The van der Waals surface area contributed by atoms with Crippen LogP contribution in [0, 0.1) is 5.82 Å². The van der Waals surface area contributed by atoms with E-state index in [9.17, 15) is 4.39 Å². The second-order valence-electron chi connectivity index (χ2n) is 7.79. The van der Waals surface area contributed by atoms with Gasteiger partial charge in [0.25, 0.3) is 0 Å². The van der Waals surface area contributed by atoms with Crippen molar-refractivity contribution in [2.24, 2.45) is 0 Å². The molecule has 2 heterocycles. The van der Waals surface area contributed by atoms with Crippen molar-refractivity contribution in [1.29, 1.82) is 0 Å². The van der Waals surface area contributed by atoms with Crippen LogP contribution in [0.4, 0.5) is 10.4 Å². The van der Waals surface area contributed by atoms with Crippen molar-refractivity contribution in [3.05, 3.63) is 29.8 Å². The van der Waals surface area contributed by atoms with Crippen molar-refractivity contribution >= 4 is 17.8 Å². The van der Waals surface area contributed by atoms with Crippen LogP contribution in [0.1, 0.15) is 44.9 Å². The van der Waals surface area contributed by atoms with Gasteiger partial charge in [-0.2, -0.15) is 4.98 Å². The van der Waals surface area contributed by atoms with E-state index in [0.717, 1.165) is 44.7 Å². The molecule has 1 aromatic heterocycles. The Kier molecular flexibility index (Phi) is 7.77. The zero-order chi connectivity index (χ0) is 20.8. The van der Waals surface area contributed by atoms with Crippen LogP contribution in [-0.4, -0.2) is 60.6 Å². The van der Waals surface area contributed by atoms with Gasteiger partial charge in [-0.1, -0.05) is 19.0 Å². The number of ether oxygens (including phenoxy) is 1. The largest absolute Gasteiger partial charge is 0.493 e. The van der Waals surface area contributed by atoms with Gasteiger partial charge in [0.15, 0.2) is 5.82 Å². The molecule has 1 aliphatic rings. The fraction of sp³-hybridized carbons (Fsp3) is 0.619. The molecular weight excluding hydrogens is 391 g/mol. The summed E-state index contributed by atoms with van der Waals surface area (Å²) < 4.78 is 24.9. The summed E-state index contributed by atoms with van der Waals surface area (Å²) in [5.74, 6) is 1.41. The molecule has 1 aromatic carbocycles. The molecule has 6 nitrogen and oxygen atoms in total. The first-order valence-corrected chi connectivity index (χ1v) is 11.5. The van der Waals surface area contributed by atoms with Gasteiger partial charge in [0.2, 0.25) is 0 Å². The average molecular weight is 423 g/mol. The Morgan fingerprint density at radius 1 is 1.34 bits per heavy atom. The molecule has 8 heteroatoms. The number of piperidine rings is 1. The first-order chi connectivity index (χ1) is 14.0. The predicted octanol–water partition coefficient (Wildman–Crippen LogP) is 4.42. The molecule has 0 bridgehead atoms. The molecular formula is C21H31FN4O2S. The van der Waals surface area contributed by atoms with Crippen molar-refractivity contribution in [3.63, 3.8) is 0 Å². The molecule has 0 aliphatic carbocycles. The fourth-order valence-corrected chi connectivity index (χ4v) is 3.97. The summed E-state index contributed by atoms with van der Waals surface area (Å²) in [5.41, 5.74) is 0. The van der Waals surface area contributed by atoms with E-state index in [0.29, 0.717) is 29.3 Å². The highest BCUT2D eigenvalue weighted by Crippen LogP contribution is 2.24. The lowest BCUT2D eigenvalue weighted by molar-refractivity contribution is 0.187. The summed E-state index contributed by atoms with van der Waals surface area (Å²) in [5, 5.41) is 4.06. The number of thioether (sulfide) groups is 1. The van der Waals surface area contributed by atoms with Crippen LogP contribution >= 0.6 is 11.8 Å². The van der Waals surface area contributed by atoms with Crippen molar-refractivity contribution in [2.45, 2.75) is 50.0 Å². The van der Waals surface area contributed by atoms with E-state index in [1.165, 1.54) is 17.8 Å². The lowest BCUT2D eigenvalue weighted by Crippen LogP contribution is -2.44. The number of halogens is 1. The van der Waals surface area contributed by atoms with E-state index < -0.39 is 0 Å². The molecule has 3 rings (SSSR count). The third-order valence-electron chi connectivity index (χ3n) is 5.35. The van der Waals surface area contributed by atoms with E-state index >= 15 is 0 Å². The van der Waals surface area contributed by atoms with Gasteiger partial charge in [0.05, 0.1) is 6.61 Å². The van der Waals surface area contributed by atoms with Crippen molar-refractivity contribution in [1.82, 2.24) is 15.0 Å². The summed E-state index contributed by atoms with van der Waals surface area (Å²) in [4.78, 5) is 9.72. The third-order valence-corrected chi connectivity index (χ3v) is 6.12. The Hall–Kier alpha value is -1.80. The number of anilines is 1. The normalized spacial score (nSPS) is 15.5. The smallest absolute Gasteiger partial charge is 0.324 e. The van der Waals surface area contributed by atoms with E-state index in [2.05, 4.69) is 40.8 Å². The Morgan fingerprint density at radius 3 is 2.72 bits per heavy atom. The molecule has 1 fully saturated rings. The molecule has 160 valence electrons. The third kappa shape index (κ3) is 5.85. The van der Waals surface area contributed by atoms with E-state index in [-0.39, 0.29) is 11.7 Å². The number of benzene rings is 1. The van der Waals surface area contributed by atoms with Crippen molar-refractivity contribution in [3.8, 4) is 5.75 Å². The van der Waals surface area contributed by atoms with Gasteiger partial charge >= 0.3 is 6.01 Å². The Bertz CT molecular complexity index is 778. The second kappa shape index (κ2) is 10.3. The van der Waals surface area contributed by atoms with Gasteiger partial charge in [-0.15, -0.1) is 11.8 Å². The maximum absolute atomic E-state index is 13.8. The minimum Gasteiger partial charge on any atom is -0.493 e. The Labute approximate surface area is 176 Å². The summed E-state index contributed by atoms with van der Waals surface area (Å²) in [6.07, 6.45) is 4.91. The lowest BCUT2D eigenvalue weighted by atomic mass is 10.0. The van der Waals surface area contributed by atoms with Gasteiger partial charge in [-0.25, -0.2) is 4.39 Å². The van der Waals surface area contributed by atoms with Crippen LogP contribution in [0.2, 0.25) is 0 Å². The van der Waals surface area contributed by atoms with Crippen molar-refractivity contribution < 1.29 is 13.7 Å². The average Bonchev–Trinajstić information content (AvgIpc) is 3.22. The van der Waals surface area contributed by atoms with Crippen LogP contribution in [0.3, 0.4) is 0 Å². The SMILES string of the molecule is CSc1ccc(OCCCN(C)C2CCN(c3nc(C(C)C)no3)CC2)cc1F. The van der Waals surface area contributed by atoms with Gasteiger partial charge < -0.3 is 19.1 Å². The molecule has 0 radical (unpaired) electrons. The van der Waals surface area contributed by atoms with Gasteiger partial charge in [-0.3, -0.25) is 0 Å². The molecule has 0 N–H and O–H groups in total. The molecule has 0 atom stereocenters. The van der Waals surface area contributed by atoms with E-state index in [4.69, 9.17) is 9.26 Å². The Balaban J connectivity index is 1.37. The zero-order valence-corrected chi connectivity index (χ0v) is 18.5. The van der Waals surface area contributed by atoms with E-state index in [1.54, 1.807) is 6.07 Å². The highest BCUT2D eigenvalue weighted by atomic mass is 32.2. The summed E-state index contributed by atoms with van der Waals surface area (Å²) in [6, 6.07) is 6.24. The molecule has 2 aromatic rings. The predicted molar refractivity (Wildman–Crippen MR) is 115 cm³/mol. The van der Waals surface area contributed by atoms with Crippen LogP contribution in [-0.2, 0) is 0 Å². The topological polar surface area (TPSA) is 54.6 Å². The highest BCUT2D eigenvalue weighted by molar-refractivity contribution is 7.98. The zero-order valence-electron chi connectivity index (χ0n) is 17.7. The van der Waals surface area contributed by atoms with E-state index in [1.807, 2.05) is 12.3 Å². The monoisotopic (exact) mass is 422 g/mol. The number of hydrogen-bond donors (Lipinski definition) is 0. The van der Waals surface area contributed by atoms with Crippen LogP contribution in [0.15, 0.2) is 27.6 Å². The number of rotatable bonds is 9. The summed E-state index contributed by atoms with van der Waals surface area (Å²) in [7, 11) is 2.16. The standard InChI is InChI=1S/C21H31FN4O2S/c1-15(2)20-23-21(28-24-20)26-11-8-16(9-12-26)25(3)10-5-13-27-17-6-7-19(29-4)18(22)14-17/h6-7,14-16H,5,8-13H2,1-4H3. The number of hydrogen-bond acceptors (Lipinski definition) is 7. The quantitative estimate of drug-likeness (QED) is 0.438. The van der Waals surface area contributed by atoms with Crippen molar-refractivity contribution in [2.75, 3.05) is 44.4 Å². The number of aromatic nitrogens is 2. The minimum atomic E-state index is -0.222. The highest BCUT2D eigenvalue weighted by Gasteiger charge is 2.25. The van der Waals surface area contributed by atoms with Crippen LogP contribution < -0.4 is 9.64 Å². The van der Waals surface area contributed by atoms with Crippen LogP contribution in [0.5, 0.6) is 5.75 Å². The molecule has 0 spiro atoms. The molecule has 0 unspecified atom stereocenters. The summed E-state index contributed by atoms with van der Waals surface area (Å²) in [6.45, 7) is 7.51. The maximum atomic E-state index is 13.8. The first-order valence-electron chi connectivity index (χ1n) is 10.2. The summed E-state index contributed by atoms with van der Waals surface area (Å²) >= 11 is 1.40. The second-order valence-corrected chi connectivity index (χ2v) is 8.64. The molecule has 1 saturated heterocycles. The van der Waals surface area contributed by atoms with Crippen LogP contribution in [0.25, 0.3) is 0 Å². The van der Waals surface area contributed by atoms with Gasteiger partial charge in [-0.05, 0) is 44.7 Å². The molecule has 0 saturated carbocycles. The van der Waals surface area contributed by atoms with Gasteiger partial charge in [0.1, 0.15) is 11.6 Å². The molecule has 0 amide bonds.